The highest BCUT2D eigenvalue weighted by molar-refractivity contribution is 5.96. The monoisotopic (exact) mass is 310 g/mol. The molecule has 2 heterocycles. The fourth-order valence-corrected chi connectivity index (χ4v) is 3.19. The third kappa shape index (κ3) is 2.84. The van der Waals surface area contributed by atoms with Crippen LogP contribution in [-0.2, 0) is 4.79 Å². The van der Waals surface area contributed by atoms with Crippen LogP contribution in [0.4, 0.5) is 4.39 Å². The molecule has 4 heteroatoms. The Morgan fingerprint density at radius 3 is 2.96 bits per heavy atom. The second-order valence-electron chi connectivity index (χ2n) is 5.73. The highest BCUT2D eigenvalue weighted by atomic mass is 19.1. The predicted octanol–water partition coefficient (Wildman–Crippen LogP) is 3.92. The first-order valence-corrected chi connectivity index (χ1v) is 7.65. The molecule has 0 radical (unpaired) electrons. The number of halogens is 1. The Balaban J connectivity index is 1.81. The van der Waals surface area contributed by atoms with E-state index in [1.165, 1.54) is 12.1 Å². The molecule has 1 N–H and O–H groups in total. The average Bonchev–Trinajstić information content (AvgIpc) is 3.17. The molecule has 1 aliphatic heterocycles. The molecular formula is C19H19FN2O. The maximum atomic E-state index is 13.3. The number of benzene rings is 1. The zero-order valence-electron chi connectivity index (χ0n) is 12.9. The molecule has 1 unspecified atom stereocenters. The van der Waals surface area contributed by atoms with Gasteiger partial charge in [-0.2, -0.15) is 0 Å². The summed E-state index contributed by atoms with van der Waals surface area (Å²) in [6.45, 7) is 8.68. The molecule has 2 aromatic rings. The number of nitrogens with zero attached hydrogens (tertiary/aromatic N) is 1. The Morgan fingerprint density at radius 1 is 1.39 bits per heavy atom. The quantitative estimate of drug-likeness (QED) is 0.674. The molecule has 0 spiro atoms. The predicted molar refractivity (Wildman–Crippen MR) is 90.7 cm³/mol. The van der Waals surface area contributed by atoms with E-state index in [-0.39, 0.29) is 17.6 Å². The lowest BCUT2D eigenvalue weighted by atomic mass is 9.98. The van der Waals surface area contributed by atoms with Gasteiger partial charge in [0.1, 0.15) is 5.82 Å². The lowest BCUT2D eigenvalue weighted by Gasteiger charge is -2.17. The van der Waals surface area contributed by atoms with Gasteiger partial charge in [0.25, 0.3) is 5.91 Å². The normalized spacial score (nSPS) is 18.4. The van der Waals surface area contributed by atoms with Gasteiger partial charge < -0.3 is 9.88 Å². The summed E-state index contributed by atoms with van der Waals surface area (Å²) in [7, 11) is 0. The smallest absolute Gasteiger partial charge is 0.253 e. The van der Waals surface area contributed by atoms with Gasteiger partial charge in [0.05, 0.1) is 0 Å². The molecule has 3 rings (SSSR count). The van der Waals surface area contributed by atoms with Crippen LogP contribution in [0.15, 0.2) is 61.4 Å². The van der Waals surface area contributed by atoms with Crippen molar-refractivity contribution in [3.63, 3.8) is 0 Å². The van der Waals surface area contributed by atoms with Crippen molar-refractivity contribution < 1.29 is 9.18 Å². The molecule has 0 saturated carbocycles. The number of H-pyrrole nitrogens is 1. The summed E-state index contributed by atoms with van der Waals surface area (Å²) in [4.78, 5) is 17.4. The number of allylic oxidation sites excluding steroid dienone is 2. The molecule has 1 amide bonds. The summed E-state index contributed by atoms with van der Waals surface area (Å²) in [5.74, 6) is -0.0134. The Labute approximate surface area is 134 Å². The molecule has 1 aliphatic rings. The van der Waals surface area contributed by atoms with E-state index in [0.717, 1.165) is 22.9 Å². The Morgan fingerprint density at radius 2 is 2.22 bits per heavy atom. The standard InChI is InChI=1S/C19H19FN2O/c1-3-5-13(4-2)19(23)22-9-8-14(12-22)17-11-21-18-10-15(20)6-7-16(17)18/h3-7,10-11,14,21H,1-2,8-9,12H2/b13-5+. The van der Waals surface area contributed by atoms with Gasteiger partial charge in [-0.05, 0) is 30.2 Å². The van der Waals surface area contributed by atoms with Crippen molar-refractivity contribution in [1.82, 2.24) is 9.88 Å². The van der Waals surface area contributed by atoms with Crippen molar-refractivity contribution >= 4 is 16.8 Å². The zero-order chi connectivity index (χ0) is 16.4. The number of carbonyl (C=O) groups excluding carboxylic acids is 1. The highest BCUT2D eigenvalue weighted by Crippen LogP contribution is 2.33. The summed E-state index contributed by atoms with van der Waals surface area (Å²) in [6.07, 6.45) is 7.66. The topological polar surface area (TPSA) is 36.1 Å². The van der Waals surface area contributed by atoms with Gasteiger partial charge in [0, 0.05) is 41.7 Å². The van der Waals surface area contributed by atoms with E-state index in [0.29, 0.717) is 18.7 Å². The molecular weight excluding hydrogens is 291 g/mol. The van der Waals surface area contributed by atoms with Gasteiger partial charge in [-0.15, -0.1) is 0 Å². The minimum absolute atomic E-state index is 0.0201. The van der Waals surface area contributed by atoms with Crippen LogP contribution in [0.25, 0.3) is 10.9 Å². The van der Waals surface area contributed by atoms with Crippen LogP contribution in [0.5, 0.6) is 0 Å². The molecule has 118 valence electrons. The van der Waals surface area contributed by atoms with Crippen LogP contribution in [0.3, 0.4) is 0 Å². The molecule has 1 aromatic heterocycles. The lowest BCUT2D eigenvalue weighted by molar-refractivity contribution is -0.125. The molecule has 0 bridgehead atoms. The summed E-state index contributed by atoms with van der Waals surface area (Å²) in [5, 5.41) is 1.02. The molecule has 23 heavy (non-hydrogen) atoms. The first-order valence-electron chi connectivity index (χ1n) is 7.65. The summed E-state index contributed by atoms with van der Waals surface area (Å²) in [5.41, 5.74) is 2.49. The number of amides is 1. The van der Waals surface area contributed by atoms with E-state index in [1.54, 1.807) is 24.3 Å². The van der Waals surface area contributed by atoms with Crippen LogP contribution in [0, 0.1) is 5.82 Å². The van der Waals surface area contributed by atoms with Crippen LogP contribution < -0.4 is 0 Å². The molecule has 1 aromatic carbocycles. The third-order valence-electron chi connectivity index (χ3n) is 4.36. The third-order valence-corrected chi connectivity index (χ3v) is 4.36. The lowest BCUT2D eigenvalue weighted by Crippen LogP contribution is -2.29. The van der Waals surface area contributed by atoms with E-state index in [2.05, 4.69) is 18.1 Å². The molecule has 0 aliphatic carbocycles. The average molecular weight is 310 g/mol. The number of carbonyl (C=O) groups is 1. The first kappa shape index (κ1) is 15.3. The van der Waals surface area contributed by atoms with Crippen molar-refractivity contribution in [3.05, 3.63) is 72.7 Å². The number of hydrogen-bond acceptors (Lipinski definition) is 1. The van der Waals surface area contributed by atoms with Crippen molar-refractivity contribution in [2.45, 2.75) is 12.3 Å². The SMILES string of the molecule is C=C/C=C(\C=C)C(=O)N1CCC(c2c[nH]c3cc(F)ccc23)C1. The van der Waals surface area contributed by atoms with Crippen LogP contribution in [0.2, 0.25) is 0 Å². The van der Waals surface area contributed by atoms with Crippen LogP contribution in [-0.4, -0.2) is 28.9 Å². The van der Waals surface area contributed by atoms with Gasteiger partial charge in [0.2, 0.25) is 0 Å². The zero-order valence-corrected chi connectivity index (χ0v) is 12.9. The maximum Gasteiger partial charge on any atom is 0.253 e. The van der Waals surface area contributed by atoms with E-state index >= 15 is 0 Å². The van der Waals surface area contributed by atoms with Crippen molar-refractivity contribution in [1.29, 1.82) is 0 Å². The largest absolute Gasteiger partial charge is 0.361 e. The van der Waals surface area contributed by atoms with Crippen LogP contribution in [0.1, 0.15) is 17.9 Å². The summed E-state index contributed by atoms with van der Waals surface area (Å²) in [6, 6.07) is 4.77. The summed E-state index contributed by atoms with van der Waals surface area (Å²) < 4.78 is 13.3. The van der Waals surface area contributed by atoms with E-state index in [1.807, 2.05) is 11.1 Å². The summed E-state index contributed by atoms with van der Waals surface area (Å²) >= 11 is 0. The van der Waals surface area contributed by atoms with Gasteiger partial charge >= 0.3 is 0 Å². The Hall–Kier alpha value is -2.62. The highest BCUT2D eigenvalue weighted by Gasteiger charge is 2.29. The number of nitrogens with one attached hydrogen (secondary N) is 1. The van der Waals surface area contributed by atoms with Gasteiger partial charge in [-0.1, -0.05) is 31.4 Å². The fourth-order valence-electron chi connectivity index (χ4n) is 3.19. The number of rotatable bonds is 4. The van der Waals surface area contributed by atoms with Crippen molar-refractivity contribution in [3.8, 4) is 0 Å². The number of fused-ring (bicyclic) bond motifs is 1. The Bertz CT molecular complexity index is 803. The molecule has 1 atom stereocenters. The van der Waals surface area contributed by atoms with E-state index in [9.17, 15) is 9.18 Å². The van der Waals surface area contributed by atoms with Crippen LogP contribution >= 0.6 is 0 Å². The number of likely N-dealkylation sites (tertiary alicyclic amines) is 1. The van der Waals surface area contributed by atoms with Gasteiger partial charge in [-0.3, -0.25) is 4.79 Å². The molecule has 3 nitrogen and oxygen atoms in total. The fraction of sp³-hybridized carbons (Fsp3) is 0.211. The first-order chi connectivity index (χ1) is 11.1. The number of hydrogen-bond donors (Lipinski definition) is 1. The molecule has 1 fully saturated rings. The van der Waals surface area contributed by atoms with Crippen molar-refractivity contribution in [2.24, 2.45) is 0 Å². The molecule has 1 saturated heterocycles. The Kier molecular flexibility index (Phi) is 4.15. The number of aromatic nitrogens is 1. The second-order valence-corrected chi connectivity index (χ2v) is 5.73. The van der Waals surface area contributed by atoms with Gasteiger partial charge in [0.15, 0.2) is 0 Å². The maximum absolute atomic E-state index is 13.3. The second kappa shape index (κ2) is 6.24. The van der Waals surface area contributed by atoms with E-state index in [4.69, 9.17) is 0 Å². The minimum Gasteiger partial charge on any atom is -0.361 e. The van der Waals surface area contributed by atoms with E-state index < -0.39 is 0 Å². The minimum atomic E-state index is -0.251. The number of aromatic amines is 1. The van der Waals surface area contributed by atoms with Crippen molar-refractivity contribution in [2.75, 3.05) is 13.1 Å². The van der Waals surface area contributed by atoms with Gasteiger partial charge in [-0.25, -0.2) is 4.39 Å².